The second-order valence-corrected chi connectivity index (χ2v) is 5.86. The van der Waals surface area contributed by atoms with Crippen molar-refractivity contribution in [1.29, 1.82) is 0 Å². The molecule has 0 radical (unpaired) electrons. The first kappa shape index (κ1) is 13.9. The molecule has 2 aliphatic heterocycles. The fourth-order valence-corrected chi connectivity index (χ4v) is 3.82. The Morgan fingerprint density at radius 3 is 2.56 bits per heavy atom. The smallest absolute Gasteiger partial charge is 0.0113 e. The number of hydrogen-bond acceptors (Lipinski definition) is 2. The number of nitrogens with one attached hydrogen (secondary N) is 1. The van der Waals surface area contributed by atoms with Crippen molar-refractivity contribution in [2.75, 3.05) is 13.1 Å². The van der Waals surface area contributed by atoms with Crippen LogP contribution in [0.5, 0.6) is 0 Å². The van der Waals surface area contributed by atoms with Gasteiger partial charge in [0.2, 0.25) is 0 Å². The minimum Gasteiger partial charge on any atom is -0.314 e. The van der Waals surface area contributed by atoms with Gasteiger partial charge in [0.1, 0.15) is 0 Å². The summed E-state index contributed by atoms with van der Waals surface area (Å²) in [7, 11) is 0. The molecule has 0 aromatic heterocycles. The number of hydrogen-bond donors (Lipinski definition) is 1. The summed E-state index contributed by atoms with van der Waals surface area (Å²) in [6.45, 7) is 4.62. The minimum absolute atomic E-state index is 0.771. The molecule has 0 spiro atoms. The third-order valence-electron chi connectivity index (χ3n) is 4.61. The number of rotatable bonds is 6. The summed E-state index contributed by atoms with van der Waals surface area (Å²) in [5.74, 6) is 2.75. The Bertz CT molecular complexity index is 267. The van der Waals surface area contributed by atoms with E-state index in [1.165, 1.54) is 51.5 Å². The van der Waals surface area contributed by atoms with Gasteiger partial charge in [-0.25, -0.2) is 0 Å². The van der Waals surface area contributed by atoms with Crippen LogP contribution in [0.2, 0.25) is 0 Å². The molecule has 2 rings (SSSR count). The van der Waals surface area contributed by atoms with Crippen LogP contribution in [0.4, 0.5) is 0 Å². The molecule has 18 heavy (non-hydrogen) atoms. The fraction of sp³-hybridized carbons (Fsp3) is 0.875. The van der Waals surface area contributed by atoms with Gasteiger partial charge in [0.25, 0.3) is 0 Å². The molecular formula is C16H28N2. The first-order valence-electron chi connectivity index (χ1n) is 7.77. The highest BCUT2D eigenvalue weighted by atomic mass is 15.2. The molecule has 2 fully saturated rings. The topological polar surface area (TPSA) is 15.3 Å². The number of unbranched alkanes of at least 4 members (excludes halogenated alkanes) is 2. The van der Waals surface area contributed by atoms with Crippen molar-refractivity contribution < 1.29 is 0 Å². The molecule has 0 amide bonds. The van der Waals surface area contributed by atoms with E-state index in [2.05, 4.69) is 23.1 Å². The van der Waals surface area contributed by atoms with Crippen molar-refractivity contribution in [3.05, 3.63) is 0 Å². The largest absolute Gasteiger partial charge is 0.314 e. The second-order valence-electron chi connectivity index (χ2n) is 5.86. The monoisotopic (exact) mass is 248 g/mol. The van der Waals surface area contributed by atoms with Gasteiger partial charge in [-0.3, -0.25) is 4.90 Å². The Morgan fingerprint density at radius 2 is 1.94 bits per heavy atom. The first-order valence-corrected chi connectivity index (χ1v) is 7.77. The van der Waals surface area contributed by atoms with Crippen LogP contribution >= 0.6 is 0 Å². The van der Waals surface area contributed by atoms with Gasteiger partial charge in [0.15, 0.2) is 0 Å². The maximum Gasteiger partial charge on any atom is 0.0113 e. The van der Waals surface area contributed by atoms with E-state index in [0.717, 1.165) is 31.1 Å². The molecule has 2 nitrogen and oxygen atoms in total. The molecule has 2 bridgehead atoms. The normalized spacial score (nSPS) is 32.1. The van der Waals surface area contributed by atoms with Gasteiger partial charge in [-0.15, -0.1) is 12.3 Å². The van der Waals surface area contributed by atoms with Crippen LogP contribution in [-0.4, -0.2) is 36.1 Å². The SMILES string of the molecule is C#CCCCCN1C2CCCC1CC(NCC)C2. The van der Waals surface area contributed by atoms with E-state index in [1.807, 2.05) is 0 Å². The quantitative estimate of drug-likeness (QED) is 0.574. The molecule has 1 N–H and O–H groups in total. The van der Waals surface area contributed by atoms with Crippen molar-refractivity contribution in [2.45, 2.75) is 76.4 Å². The average Bonchev–Trinajstić information content (AvgIpc) is 2.35. The fourth-order valence-electron chi connectivity index (χ4n) is 3.82. The number of fused-ring (bicyclic) bond motifs is 2. The van der Waals surface area contributed by atoms with Crippen LogP contribution < -0.4 is 5.32 Å². The highest BCUT2D eigenvalue weighted by Gasteiger charge is 2.37. The molecule has 0 aliphatic carbocycles. The Balaban J connectivity index is 1.82. The number of piperidine rings is 2. The predicted octanol–water partition coefficient (Wildman–Crippen LogP) is 2.78. The zero-order valence-electron chi connectivity index (χ0n) is 11.8. The molecular weight excluding hydrogens is 220 g/mol. The van der Waals surface area contributed by atoms with Crippen LogP contribution in [0, 0.1) is 12.3 Å². The lowest BCUT2D eigenvalue weighted by Crippen LogP contribution is -2.56. The summed E-state index contributed by atoms with van der Waals surface area (Å²) in [5.41, 5.74) is 0. The molecule has 0 saturated carbocycles. The van der Waals surface area contributed by atoms with Crippen LogP contribution in [-0.2, 0) is 0 Å². The van der Waals surface area contributed by atoms with Crippen molar-refractivity contribution in [3.63, 3.8) is 0 Å². The summed E-state index contributed by atoms with van der Waals surface area (Å²) in [6, 6.07) is 2.45. The average molecular weight is 248 g/mol. The molecule has 2 unspecified atom stereocenters. The molecule has 2 heterocycles. The van der Waals surface area contributed by atoms with Gasteiger partial charge in [-0.2, -0.15) is 0 Å². The molecule has 2 heteroatoms. The highest BCUT2D eigenvalue weighted by Crippen LogP contribution is 2.34. The van der Waals surface area contributed by atoms with E-state index in [1.54, 1.807) is 0 Å². The minimum atomic E-state index is 0.771. The first-order chi connectivity index (χ1) is 8.85. The third-order valence-corrected chi connectivity index (χ3v) is 4.61. The van der Waals surface area contributed by atoms with E-state index in [4.69, 9.17) is 6.42 Å². The van der Waals surface area contributed by atoms with Crippen LogP contribution in [0.1, 0.15) is 58.3 Å². The van der Waals surface area contributed by atoms with Crippen molar-refractivity contribution in [3.8, 4) is 12.3 Å². The van der Waals surface area contributed by atoms with Gasteiger partial charge in [0, 0.05) is 24.5 Å². The standard InChI is InChI=1S/C16H28N2/c1-3-5-6-7-11-18-15-9-8-10-16(18)13-14(12-15)17-4-2/h1,14-17H,4-13H2,2H3. The van der Waals surface area contributed by atoms with E-state index < -0.39 is 0 Å². The Morgan fingerprint density at radius 1 is 1.22 bits per heavy atom. The molecule has 102 valence electrons. The summed E-state index contributed by atoms with van der Waals surface area (Å²) in [4.78, 5) is 2.80. The van der Waals surface area contributed by atoms with Gasteiger partial charge in [-0.1, -0.05) is 13.3 Å². The Labute approximate surface area is 113 Å². The van der Waals surface area contributed by atoms with E-state index in [9.17, 15) is 0 Å². The number of nitrogens with zero attached hydrogens (tertiary/aromatic N) is 1. The zero-order chi connectivity index (χ0) is 12.8. The Kier molecular flexibility index (Phi) is 5.53. The molecule has 0 aromatic carbocycles. The zero-order valence-corrected chi connectivity index (χ0v) is 11.8. The maximum atomic E-state index is 5.32. The van der Waals surface area contributed by atoms with Gasteiger partial charge in [-0.05, 0) is 51.6 Å². The maximum absolute atomic E-state index is 5.32. The van der Waals surface area contributed by atoms with Crippen LogP contribution in [0.25, 0.3) is 0 Å². The lowest BCUT2D eigenvalue weighted by atomic mass is 9.81. The third kappa shape index (κ3) is 3.49. The highest BCUT2D eigenvalue weighted by molar-refractivity contribution is 4.95. The van der Waals surface area contributed by atoms with Crippen molar-refractivity contribution in [1.82, 2.24) is 10.2 Å². The number of terminal acetylenes is 1. The van der Waals surface area contributed by atoms with Crippen molar-refractivity contribution in [2.24, 2.45) is 0 Å². The predicted molar refractivity (Wildman–Crippen MR) is 77.5 cm³/mol. The van der Waals surface area contributed by atoms with Crippen LogP contribution in [0.15, 0.2) is 0 Å². The summed E-state index contributed by atoms with van der Waals surface area (Å²) in [5, 5.41) is 3.66. The van der Waals surface area contributed by atoms with E-state index in [0.29, 0.717) is 0 Å². The summed E-state index contributed by atoms with van der Waals surface area (Å²) >= 11 is 0. The molecule has 2 atom stereocenters. The van der Waals surface area contributed by atoms with E-state index >= 15 is 0 Å². The van der Waals surface area contributed by atoms with Crippen molar-refractivity contribution >= 4 is 0 Å². The lowest BCUT2D eigenvalue weighted by molar-refractivity contribution is 0.0238. The summed E-state index contributed by atoms with van der Waals surface area (Å²) < 4.78 is 0. The van der Waals surface area contributed by atoms with Gasteiger partial charge < -0.3 is 5.32 Å². The molecule has 2 aliphatic rings. The second kappa shape index (κ2) is 7.16. The van der Waals surface area contributed by atoms with Gasteiger partial charge in [0.05, 0.1) is 0 Å². The molecule has 0 aromatic rings. The van der Waals surface area contributed by atoms with Crippen LogP contribution in [0.3, 0.4) is 0 Å². The Hall–Kier alpha value is -0.520. The van der Waals surface area contributed by atoms with E-state index in [-0.39, 0.29) is 0 Å². The molecule has 2 saturated heterocycles. The summed E-state index contributed by atoms with van der Waals surface area (Å²) in [6.07, 6.45) is 15.7. The van der Waals surface area contributed by atoms with Gasteiger partial charge >= 0.3 is 0 Å². The lowest BCUT2D eigenvalue weighted by Gasteiger charge is -2.49.